The van der Waals surface area contributed by atoms with Crippen LogP contribution in [0, 0.1) is 0 Å². The summed E-state index contributed by atoms with van der Waals surface area (Å²) in [4.78, 5) is 22.4. The van der Waals surface area contributed by atoms with E-state index in [2.05, 4.69) is 11.0 Å². The van der Waals surface area contributed by atoms with Gasteiger partial charge < -0.3 is 14.8 Å². The van der Waals surface area contributed by atoms with Gasteiger partial charge in [-0.05, 0) is 37.6 Å². The summed E-state index contributed by atoms with van der Waals surface area (Å²) in [5, 5.41) is 17.6. The van der Waals surface area contributed by atoms with Crippen molar-refractivity contribution in [3.63, 3.8) is 0 Å². The van der Waals surface area contributed by atoms with Gasteiger partial charge in [-0.25, -0.2) is 0 Å². The lowest BCUT2D eigenvalue weighted by Gasteiger charge is -2.13. The highest BCUT2D eigenvalue weighted by molar-refractivity contribution is 5.85. The number of para-hydroxylation sites is 1. The third-order valence-corrected chi connectivity index (χ3v) is 3.77. The number of nitrogens with zero attached hydrogens (tertiary/aromatic N) is 2. The van der Waals surface area contributed by atoms with E-state index in [9.17, 15) is 4.79 Å². The summed E-state index contributed by atoms with van der Waals surface area (Å²) in [6.07, 6.45) is 4.54. The summed E-state index contributed by atoms with van der Waals surface area (Å²) in [6, 6.07) is 8.05. The number of likely N-dealkylation sites (tertiary alicyclic amines) is 1. The molecule has 124 valence electrons. The predicted octanol–water partition coefficient (Wildman–Crippen LogP) is 2.41. The van der Waals surface area contributed by atoms with E-state index in [1.165, 1.54) is 23.8 Å². The van der Waals surface area contributed by atoms with Crippen molar-refractivity contribution in [2.24, 2.45) is 0 Å². The Kier molecular flexibility index (Phi) is 5.76. The van der Waals surface area contributed by atoms with Crippen LogP contribution < -0.4 is 0 Å². The second-order valence-electron chi connectivity index (χ2n) is 5.70. The van der Waals surface area contributed by atoms with Gasteiger partial charge in [0.25, 0.3) is 5.97 Å². The van der Waals surface area contributed by atoms with Crippen LogP contribution in [-0.4, -0.2) is 44.7 Å². The number of carbonyl (C=O) groups is 2. The number of aromatic nitrogens is 1. The Bertz CT molecular complexity index is 683. The molecule has 2 heterocycles. The van der Waals surface area contributed by atoms with E-state index < -0.39 is 11.9 Å². The summed E-state index contributed by atoms with van der Waals surface area (Å²) in [7, 11) is 0. The summed E-state index contributed by atoms with van der Waals surface area (Å²) in [5.41, 5.74) is 2.25. The molecule has 0 spiro atoms. The van der Waals surface area contributed by atoms with E-state index in [4.69, 9.17) is 15.0 Å². The first-order valence-electron chi connectivity index (χ1n) is 7.68. The summed E-state index contributed by atoms with van der Waals surface area (Å²) >= 11 is 0. The average molecular weight is 318 g/mol. The second-order valence-corrected chi connectivity index (χ2v) is 5.70. The van der Waals surface area contributed by atoms with Crippen LogP contribution in [0.2, 0.25) is 0 Å². The highest BCUT2D eigenvalue weighted by Gasteiger charge is 2.16. The molecule has 1 aromatic carbocycles. The van der Waals surface area contributed by atoms with E-state index in [1.54, 1.807) is 0 Å². The van der Waals surface area contributed by atoms with Gasteiger partial charge >= 0.3 is 5.97 Å². The molecule has 1 aliphatic heterocycles. The van der Waals surface area contributed by atoms with Crippen molar-refractivity contribution in [2.45, 2.75) is 32.9 Å². The molecule has 1 aromatic heterocycles. The fraction of sp³-hybridized carbons (Fsp3) is 0.412. The van der Waals surface area contributed by atoms with Gasteiger partial charge in [-0.3, -0.25) is 14.5 Å². The van der Waals surface area contributed by atoms with Crippen LogP contribution in [0.5, 0.6) is 0 Å². The maximum absolute atomic E-state index is 10.9. The molecule has 6 nitrogen and oxygen atoms in total. The van der Waals surface area contributed by atoms with E-state index >= 15 is 0 Å². The number of carboxylic acid groups (broad SMARTS) is 2. The van der Waals surface area contributed by atoms with Gasteiger partial charge in [0.2, 0.25) is 0 Å². The molecule has 0 amide bonds. The first-order chi connectivity index (χ1) is 11.0. The minimum atomic E-state index is -0.833. The smallest absolute Gasteiger partial charge is 0.323 e. The minimum Gasteiger partial charge on any atom is -0.481 e. The lowest BCUT2D eigenvalue weighted by atomic mass is 10.1. The number of hydrogen-bond donors (Lipinski definition) is 2. The molecule has 2 aromatic rings. The van der Waals surface area contributed by atoms with Crippen LogP contribution in [0.25, 0.3) is 10.9 Å². The fourth-order valence-corrected chi connectivity index (χ4v) is 2.91. The van der Waals surface area contributed by atoms with Gasteiger partial charge in [-0.2, -0.15) is 0 Å². The van der Waals surface area contributed by atoms with Crippen LogP contribution in [-0.2, 0) is 22.7 Å². The Balaban J connectivity index is 0.000000433. The predicted molar refractivity (Wildman–Crippen MR) is 87.4 cm³/mol. The van der Waals surface area contributed by atoms with Gasteiger partial charge in [0, 0.05) is 30.6 Å². The highest BCUT2D eigenvalue weighted by Crippen LogP contribution is 2.24. The van der Waals surface area contributed by atoms with Gasteiger partial charge in [-0.15, -0.1) is 0 Å². The number of aliphatic carboxylic acids is 2. The Labute approximate surface area is 134 Å². The van der Waals surface area contributed by atoms with Crippen molar-refractivity contribution in [3.05, 3.63) is 36.0 Å². The van der Waals surface area contributed by atoms with Crippen molar-refractivity contribution in [1.82, 2.24) is 9.47 Å². The van der Waals surface area contributed by atoms with Crippen LogP contribution in [0.3, 0.4) is 0 Å². The molecular weight excluding hydrogens is 296 g/mol. The highest BCUT2D eigenvalue weighted by atomic mass is 16.4. The Hall–Kier alpha value is -2.34. The topological polar surface area (TPSA) is 82.8 Å². The van der Waals surface area contributed by atoms with Gasteiger partial charge in [0.15, 0.2) is 0 Å². The van der Waals surface area contributed by atoms with Crippen LogP contribution in [0.1, 0.15) is 25.3 Å². The van der Waals surface area contributed by atoms with Crippen LogP contribution in [0.15, 0.2) is 30.5 Å². The molecule has 0 bridgehead atoms. The van der Waals surface area contributed by atoms with Gasteiger partial charge in [0.05, 0.1) is 0 Å². The fourth-order valence-electron chi connectivity index (χ4n) is 2.91. The molecule has 1 fully saturated rings. The molecule has 0 unspecified atom stereocenters. The van der Waals surface area contributed by atoms with E-state index in [1.807, 2.05) is 29.0 Å². The lowest BCUT2D eigenvalue weighted by molar-refractivity contribution is -0.137. The quantitative estimate of drug-likeness (QED) is 0.904. The van der Waals surface area contributed by atoms with Crippen molar-refractivity contribution in [3.8, 4) is 0 Å². The zero-order chi connectivity index (χ0) is 16.8. The lowest BCUT2D eigenvalue weighted by Crippen LogP contribution is -2.18. The zero-order valence-electron chi connectivity index (χ0n) is 13.2. The number of fused-ring (bicyclic) bond motifs is 1. The minimum absolute atomic E-state index is 0.0283. The van der Waals surface area contributed by atoms with Gasteiger partial charge in [0.1, 0.15) is 6.54 Å². The second kappa shape index (κ2) is 7.78. The first kappa shape index (κ1) is 17.0. The Morgan fingerprint density at radius 1 is 1.13 bits per heavy atom. The molecule has 0 aliphatic carbocycles. The Morgan fingerprint density at radius 3 is 2.35 bits per heavy atom. The summed E-state index contributed by atoms with van der Waals surface area (Å²) in [6.45, 7) is 4.34. The molecule has 1 aliphatic rings. The number of benzene rings is 1. The first-order valence-corrected chi connectivity index (χ1v) is 7.68. The molecule has 23 heavy (non-hydrogen) atoms. The SMILES string of the molecule is CC(=O)O.O=C(O)Cn1cc(CN2CCCC2)c2ccccc21. The van der Waals surface area contributed by atoms with Crippen LogP contribution >= 0.6 is 0 Å². The zero-order valence-corrected chi connectivity index (χ0v) is 13.2. The number of carboxylic acids is 2. The molecule has 6 heteroatoms. The molecule has 1 saturated heterocycles. The van der Waals surface area contributed by atoms with Crippen molar-refractivity contribution in [1.29, 1.82) is 0 Å². The number of hydrogen-bond acceptors (Lipinski definition) is 3. The van der Waals surface area contributed by atoms with E-state index in [0.717, 1.165) is 32.1 Å². The van der Waals surface area contributed by atoms with E-state index in [-0.39, 0.29) is 6.54 Å². The summed E-state index contributed by atoms with van der Waals surface area (Å²) < 4.78 is 1.84. The van der Waals surface area contributed by atoms with Crippen LogP contribution in [0.4, 0.5) is 0 Å². The van der Waals surface area contributed by atoms with Crippen molar-refractivity contribution >= 4 is 22.8 Å². The molecule has 0 saturated carbocycles. The summed E-state index contributed by atoms with van der Waals surface area (Å²) in [5.74, 6) is -1.63. The molecule has 3 rings (SSSR count). The van der Waals surface area contributed by atoms with Crippen molar-refractivity contribution in [2.75, 3.05) is 13.1 Å². The average Bonchev–Trinajstić information content (AvgIpc) is 3.08. The van der Waals surface area contributed by atoms with Crippen molar-refractivity contribution < 1.29 is 19.8 Å². The number of rotatable bonds is 4. The maximum atomic E-state index is 10.9. The van der Waals surface area contributed by atoms with Gasteiger partial charge in [-0.1, -0.05) is 18.2 Å². The Morgan fingerprint density at radius 2 is 1.74 bits per heavy atom. The third kappa shape index (κ3) is 4.82. The standard InChI is InChI=1S/C15H18N2O2.C2H4O2/c18-15(19)11-17-10-12(9-16-7-3-4-8-16)13-5-1-2-6-14(13)17;1-2(3)4/h1-2,5-6,10H,3-4,7-9,11H2,(H,18,19);1H3,(H,3,4). The third-order valence-electron chi connectivity index (χ3n) is 3.77. The molecule has 2 N–H and O–H groups in total. The largest absolute Gasteiger partial charge is 0.481 e. The van der Waals surface area contributed by atoms with E-state index in [0.29, 0.717) is 0 Å². The normalized spacial score (nSPS) is 14.5. The monoisotopic (exact) mass is 318 g/mol. The maximum Gasteiger partial charge on any atom is 0.323 e. The molecule has 0 radical (unpaired) electrons. The molecular formula is C17H22N2O4. The molecule has 0 atom stereocenters.